The highest BCUT2D eigenvalue weighted by atomic mass is 35.5. The molecule has 2 amide bonds. The van der Waals surface area contributed by atoms with Gasteiger partial charge in [0.2, 0.25) is 0 Å². The molecule has 0 atom stereocenters. The summed E-state index contributed by atoms with van der Waals surface area (Å²) in [6, 6.07) is 11.7. The van der Waals surface area contributed by atoms with Gasteiger partial charge < -0.3 is 0 Å². The molecule has 1 aliphatic heterocycles. The summed E-state index contributed by atoms with van der Waals surface area (Å²) in [5, 5.41) is 4.38. The summed E-state index contributed by atoms with van der Waals surface area (Å²) < 4.78 is 1.51. The average molecular weight is 325 g/mol. The van der Waals surface area contributed by atoms with Crippen molar-refractivity contribution >= 4 is 29.1 Å². The lowest BCUT2D eigenvalue weighted by molar-refractivity contribution is 0.0926. The minimum Gasteiger partial charge on any atom is -0.268 e. The normalized spacial score (nSPS) is 13.5. The lowest BCUT2D eigenvalue weighted by Crippen LogP contribution is -2.29. The molecule has 112 valence electrons. The smallest absolute Gasteiger partial charge is 0.266 e. The summed E-state index contributed by atoms with van der Waals surface area (Å²) in [6.07, 6.45) is 2.91. The topological polar surface area (TPSA) is 68.1 Å². The molecule has 0 spiro atoms. The molecule has 1 aromatic heterocycles. The molecule has 1 aliphatic rings. The van der Waals surface area contributed by atoms with E-state index < -0.39 is 0 Å². The first kappa shape index (κ1) is 13.7. The minimum atomic E-state index is -0.352. The third-order valence-corrected chi connectivity index (χ3v) is 3.95. The van der Waals surface area contributed by atoms with E-state index >= 15 is 0 Å². The molecule has 0 saturated heterocycles. The number of imide groups is 1. The lowest BCUT2D eigenvalue weighted by atomic mass is 10.1. The number of rotatable bonds is 2. The van der Waals surface area contributed by atoms with Crippen LogP contribution in [-0.4, -0.2) is 26.6 Å². The third-order valence-electron chi connectivity index (χ3n) is 3.65. The van der Waals surface area contributed by atoms with E-state index in [2.05, 4.69) is 10.1 Å². The molecule has 4 rings (SSSR count). The number of anilines is 1. The van der Waals surface area contributed by atoms with Gasteiger partial charge in [-0.1, -0.05) is 23.7 Å². The molecule has 7 heteroatoms. The van der Waals surface area contributed by atoms with Crippen LogP contribution in [0.5, 0.6) is 0 Å². The van der Waals surface area contributed by atoms with Crippen LogP contribution in [0.2, 0.25) is 5.02 Å². The first-order valence-corrected chi connectivity index (χ1v) is 7.17. The molecule has 0 saturated carbocycles. The highest BCUT2D eigenvalue weighted by Gasteiger charge is 2.36. The number of amides is 2. The van der Waals surface area contributed by atoms with Crippen LogP contribution in [0.3, 0.4) is 0 Å². The number of benzene rings is 2. The van der Waals surface area contributed by atoms with Gasteiger partial charge in [-0.3, -0.25) is 9.59 Å². The molecular weight excluding hydrogens is 316 g/mol. The molecule has 3 aromatic rings. The quantitative estimate of drug-likeness (QED) is 0.680. The van der Waals surface area contributed by atoms with Gasteiger partial charge in [0.15, 0.2) is 0 Å². The average Bonchev–Trinajstić information content (AvgIpc) is 3.16. The highest BCUT2D eigenvalue weighted by Crippen LogP contribution is 2.31. The Hall–Kier alpha value is -2.99. The summed E-state index contributed by atoms with van der Waals surface area (Å²) in [5.74, 6) is -0.703. The Labute approximate surface area is 135 Å². The van der Waals surface area contributed by atoms with E-state index in [9.17, 15) is 9.59 Å². The van der Waals surface area contributed by atoms with Crippen molar-refractivity contribution in [3.8, 4) is 5.69 Å². The minimum absolute atomic E-state index is 0.352. The van der Waals surface area contributed by atoms with Gasteiger partial charge in [-0.05, 0) is 30.3 Å². The molecule has 2 aromatic carbocycles. The van der Waals surface area contributed by atoms with Crippen LogP contribution in [0, 0.1) is 0 Å². The molecule has 0 aliphatic carbocycles. The van der Waals surface area contributed by atoms with Crippen molar-refractivity contribution in [3.05, 3.63) is 71.3 Å². The number of hydrogen-bond acceptors (Lipinski definition) is 4. The fourth-order valence-electron chi connectivity index (χ4n) is 2.58. The van der Waals surface area contributed by atoms with Crippen LogP contribution in [0.4, 0.5) is 5.69 Å². The summed E-state index contributed by atoms with van der Waals surface area (Å²) in [5.41, 5.74) is 1.83. The zero-order valence-electron chi connectivity index (χ0n) is 11.7. The van der Waals surface area contributed by atoms with E-state index in [4.69, 9.17) is 11.6 Å². The maximum atomic E-state index is 12.5. The molecule has 6 nitrogen and oxygen atoms in total. The molecular formula is C16H9ClN4O2. The number of halogens is 1. The van der Waals surface area contributed by atoms with Gasteiger partial charge in [0, 0.05) is 0 Å². The van der Waals surface area contributed by atoms with Crippen molar-refractivity contribution in [1.29, 1.82) is 0 Å². The van der Waals surface area contributed by atoms with Gasteiger partial charge in [-0.15, -0.1) is 0 Å². The first-order valence-electron chi connectivity index (χ1n) is 6.79. The van der Waals surface area contributed by atoms with Gasteiger partial charge in [0.25, 0.3) is 11.8 Å². The summed E-state index contributed by atoms with van der Waals surface area (Å²) >= 11 is 6.27. The van der Waals surface area contributed by atoms with Gasteiger partial charge in [-0.2, -0.15) is 5.10 Å². The monoisotopic (exact) mass is 324 g/mol. The van der Waals surface area contributed by atoms with E-state index in [0.29, 0.717) is 27.5 Å². The molecule has 0 bridgehead atoms. The molecule has 0 N–H and O–H groups in total. The van der Waals surface area contributed by atoms with Crippen molar-refractivity contribution in [2.45, 2.75) is 0 Å². The number of hydrogen-bond donors (Lipinski definition) is 0. The fourth-order valence-corrected chi connectivity index (χ4v) is 2.84. The predicted molar refractivity (Wildman–Crippen MR) is 84.0 cm³/mol. The molecule has 23 heavy (non-hydrogen) atoms. The van der Waals surface area contributed by atoms with E-state index in [1.165, 1.54) is 17.3 Å². The summed E-state index contributed by atoms with van der Waals surface area (Å²) in [6.45, 7) is 0. The lowest BCUT2D eigenvalue weighted by Gasteiger charge is -2.15. The van der Waals surface area contributed by atoms with Crippen LogP contribution in [0.1, 0.15) is 20.7 Å². The van der Waals surface area contributed by atoms with Crippen LogP contribution in [-0.2, 0) is 0 Å². The van der Waals surface area contributed by atoms with Crippen molar-refractivity contribution in [2.24, 2.45) is 0 Å². The van der Waals surface area contributed by atoms with Crippen LogP contribution in [0.15, 0.2) is 55.1 Å². The second kappa shape index (κ2) is 5.03. The summed E-state index contributed by atoms with van der Waals surface area (Å²) in [4.78, 5) is 29.9. The SMILES string of the molecule is O=C1c2ccccc2C(=O)N1c1ccc(-n2cncn2)c(Cl)c1. The Kier molecular flexibility index (Phi) is 2.99. The maximum Gasteiger partial charge on any atom is 0.266 e. The predicted octanol–water partition coefficient (Wildman–Crippen LogP) is 2.72. The number of carbonyl (C=O) groups excluding carboxylic acids is 2. The Morgan fingerprint density at radius 3 is 2.22 bits per heavy atom. The number of carbonyl (C=O) groups is 2. The number of aromatic nitrogens is 3. The van der Waals surface area contributed by atoms with Gasteiger partial charge in [0.1, 0.15) is 12.7 Å². The van der Waals surface area contributed by atoms with Crippen LogP contribution >= 0.6 is 11.6 Å². The molecule has 2 heterocycles. The highest BCUT2D eigenvalue weighted by molar-refractivity contribution is 6.36. The van der Waals surface area contributed by atoms with E-state index in [1.54, 1.807) is 42.5 Å². The van der Waals surface area contributed by atoms with Gasteiger partial charge in [-0.25, -0.2) is 14.6 Å². The first-order chi connectivity index (χ1) is 11.2. The second-order valence-electron chi connectivity index (χ2n) is 4.97. The largest absolute Gasteiger partial charge is 0.268 e. The van der Waals surface area contributed by atoms with E-state index in [1.807, 2.05) is 0 Å². The van der Waals surface area contributed by atoms with Gasteiger partial charge in [0.05, 0.1) is 27.5 Å². The second-order valence-corrected chi connectivity index (χ2v) is 5.37. The maximum absolute atomic E-state index is 12.5. The molecule has 0 radical (unpaired) electrons. The zero-order valence-corrected chi connectivity index (χ0v) is 12.4. The Morgan fingerprint density at radius 1 is 0.957 bits per heavy atom. The standard InChI is InChI=1S/C16H9ClN4O2/c17-13-7-10(5-6-14(13)20-9-18-8-19-20)21-15(22)11-3-1-2-4-12(11)16(21)23/h1-9H. The van der Waals surface area contributed by atoms with E-state index in [0.717, 1.165) is 4.90 Å². The Bertz CT molecular complexity index is 902. The Morgan fingerprint density at radius 2 is 1.65 bits per heavy atom. The number of nitrogens with zero attached hydrogens (tertiary/aromatic N) is 4. The molecule has 0 unspecified atom stereocenters. The Balaban J connectivity index is 1.77. The van der Waals surface area contributed by atoms with Gasteiger partial charge >= 0.3 is 0 Å². The third kappa shape index (κ3) is 2.03. The molecule has 0 fully saturated rings. The fraction of sp³-hybridized carbons (Fsp3) is 0. The number of fused-ring (bicyclic) bond motifs is 1. The van der Waals surface area contributed by atoms with Crippen molar-refractivity contribution in [3.63, 3.8) is 0 Å². The van der Waals surface area contributed by atoms with Crippen LogP contribution < -0.4 is 4.90 Å². The van der Waals surface area contributed by atoms with Crippen molar-refractivity contribution in [1.82, 2.24) is 14.8 Å². The van der Waals surface area contributed by atoms with Crippen molar-refractivity contribution in [2.75, 3.05) is 4.90 Å². The van der Waals surface area contributed by atoms with Crippen LogP contribution in [0.25, 0.3) is 5.69 Å². The van der Waals surface area contributed by atoms with E-state index in [-0.39, 0.29) is 11.8 Å². The zero-order chi connectivity index (χ0) is 16.0. The summed E-state index contributed by atoms with van der Waals surface area (Å²) in [7, 11) is 0. The van der Waals surface area contributed by atoms with Crippen molar-refractivity contribution < 1.29 is 9.59 Å².